The molecular formula is C18H19ClFN5O3. The van der Waals surface area contributed by atoms with Gasteiger partial charge in [-0.05, 0) is 38.3 Å². The number of amides is 2. The van der Waals surface area contributed by atoms with Crippen LogP contribution in [0.25, 0.3) is 0 Å². The van der Waals surface area contributed by atoms with Crippen molar-refractivity contribution in [2.45, 2.75) is 37.3 Å². The highest BCUT2D eigenvalue weighted by atomic mass is 35.5. The Balaban J connectivity index is 1.25. The number of hydrogen-bond acceptors (Lipinski definition) is 5. The van der Waals surface area contributed by atoms with Gasteiger partial charge in [0.05, 0.1) is 5.02 Å². The fourth-order valence-electron chi connectivity index (χ4n) is 4.11. The van der Waals surface area contributed by atoms with Crippen molar-refractivity contribution in [3.63, 3.8) is 0 Å². The fourth-order valence-corrected chi connectivity index (χ4v) is 4.22. The second-order valence-electron chi connectivity index (χ2n) is 7.56. The predicted molar refractivity (Wildman–Crippen MR) is 97.6 cm³/mol. The molecule has 5 rings (SSSR count). The van der Waals surface area contributed by atoms with E-state index >= 15 is 0 Å². The molecule has 28 heavy (non-hydrogen) atoms. The lowest BCUT2D eigenvalue weighted by Crippen LogP contribution is -2.84. The molecule has 3 fully saturated rings. The first kappa shape index (κ1) is 18.7. The summed E-state index contributed by atoms with van der Waals surface area (Å²) >= 11 is 5.61. The summed E-state index contributed by atoms with van der Waals surface area (Å²) in [5.41, 5.74) is -0.612. The number of aryl methyl sites for hydroxylation is 2. The van der Waals surface area contributed by atoms with E-state index in [-0.39, 0.29) is 46.1 Å². The Labute approximate surface area is 165 Å². The van der Waals surface area contributed by atoms with Gasteiger partial charge < -0.3 is 15.4 Å². The lowest BCUT2D eigenvalue weighted by atomic mass is 9.44. The Kier molecular flexibility index (Phi) is 4.29. The minimum atomic E-state index is -0.602. The summed E-state index contributed by atoms with van der Waals surface area (Å²) in [5.74, 6) is -0.125. The number of halogens is 2. The molecule has 0 spiro atoms. The van der Waals surface area contributed by atoms with E-state index in [0.717, 1.165) is 6.07 Å². The standard InChI is InChI=1S/C18H19ClFN5O3/c1-10-21-15(25(2)24-10)16(27)23-18-7-17(8-18,9-18)22-14(26)6-28-11-3-4-12(19)13(20)5-11/h3-5H,6-9H2,1-2H3,(H,22,26)(H,23,27). The van der Waals surface area contributed by atoms with Gasteiger partial charge in [-0.15, -0.1) is 0 Å². The molecule has 3 saturated carbocycles. The summed E-state index contributed by atoms with van der Waals surface area (Å²) in [7, 11) is 1.67. The lowest BCUT2D eigenvalue weighted by Gasteiger charge is -2.70. The number of ether oxygens (including phenoxy) is 1. The second kappa shape index (κ2) is 6.44. The number of carbonyl (C=O) groups is 2. The number of carbonyl (C=O) groups excluding carboxylic acids is 2. The van der Waals surface area contributed by atoms with Crippen LogP contribution < -0.4 is 15.4 Å². The largest absolute Gasteiger partial charge is 0.484 e. The van der Waals surface area contributed by atoms with Crippen molar-refractivity contribution in [3.05, 3.63) is 40.7 Å². The van der Waals surface area contributed by atoms with Crippen LogP contribution in [0.3, 0.4) is 0 Å². The van der Waals surface area contributed by atoms with Gasteiger partial charge in [-0.25, -0.2) is 14.1 Å². The summed E-state index contributed by atoms with van der Waals surface area (Å²) in [6.07, 6.45) is 1.97. The third kappa shape index (κ3) is 3.30. The molecule has 1 heterocycles. The summed E-state index contributed by atoms with van der Waals surface area (Å²) in [5, 5.41) is 10.0. The molecule has 0 saturated heterocycles. The predicted octanol–water partition coefficient (Wildman–Crippen LogP) is 1.52. The summed E-state index contributed by atoms with van der Waals surface area (Å²) in [6, 6.07) is 4.00. The van der Waals surface area contributed by atoms with Crippen LogP contribution in [0.2, 0.25) is 5.02 Å². The van der Waals surface area contributed by atoms with E-state index in [1.54, 1.807) is 14.0 Å². The summed E-state index contributed by atoms with van der Waals surface area (Å²) in [4.78, 5) is 28.6. The minimum absolute atomic E-state index is 0.00510. The summed E-state index contributed by atoms with van der Waals surface area (Å²) in [6.45, 7) is 1.50. The van der Waals surface area contributed by atoms with Crippen LogP contribution >= 0.6 is 11.6 Å². The van der Waals surface area contributed by atoms with Crippen LogP contribution in [0.15, 0.2) is 18.2 Å². The smallest absolute Gasteiger partial charge is 0.289 e. The first-order valence-electron chi connectivity index (χ1n) is 8.78. The van der Waals surface area contributed by atoms with Gasteiger partial charge in [-0.1, -0.05) is 11.6 Å². The number of rotatable bonds is 6. The van der Waals surface area contributed by atoms with Gasteiger partial charge in [0.1, 0.15) is 17.4 Å². The van der Waals surface area contributed by atoms with Crippen molar-refractivity contribution < 1.29 is 18.7 Å². The van der Waals surface area contributed by atoms with Crippen LogP contribution in [0.1, 0.15) is 35.7 Å². The number of aromatic nitrogens is 3. The zero-order valence-electron chi connectivity index (χ0n) is 15.4. The molecule has 3 aliphatic carbocycles. The van der Waals surface area contributed by atoms with E-state index in [1.807, 2.05) is 0 Å². The van der Waals surface area contributed by atoms with Crippen LogP contribution in [0.4, 0.5) is 4.39 Å². The number of nitrogens with zero attached hydrogens (tertiary/aromatic N) is 3. The van der Waals surface area contributed by atoms with Gasteiger partial charge in [0.25, 0.3) is 11.8 Å². The molecule has 1 aromatic carbocycles. The molecule has 1 aromatic heterocycles. The SMILES string of the molecule is Cc1nc(C(=O)NC23CC(NC(=O)COc4ccc(Cl)c(F)c4)(C2)C3)n(C)n1. The van der Waals surface area contributed by atoms with Gasteiger partial charge in [-0.2, -0.15) is 5.10 Å². The number of hydrogen-bond donors (Lipinski definition) is 2. The number of benzene rings is 1. The highest BCUT2D eigenvalue weighted by Gasteiger charge is 2.69. The highest BCUT2D eigenvalue weighted by molar-refractivity contribution is 6.30. The van der Waals surface area contributed by atoms with Gasteiger partial charge >= 0.3 is 0 Å². The van der Waals surface area contributed by atoms with Crippen molar-refractivity contribution in [1.82, 2.24) is 25.4 Å². The monoisotopic (exact) mass is 407 g/mol. The highest BCUT2D eigenvalue weighted by Crippen LogP contribution is 2.60. The van der Waals surface area contributed by atoms with Gasteiger partial charge in [0, 0.05) is 24.2 Å². The van der Waals surface area contributed by atoms with Crippen molar-refractivity contribution in [2.75, 3.05) is 6.61 Å². The molecule has 2 aromatic rings. The Morgan fingerprint density at radius 3 is 2.57 bits per heavy atom. The van der Waals surface area contributed by atoms with Crippen LogP contribution in [0.5, 0.6) is 5.75 Å². The molecule has 8 nitrogen and oxygen atoms in total. The van der Waals surface area contributed by atoms with E-state index in [2.05, 4.69) is 20.7 Å². The third-order valence-electron chi connectivity index (χ3n) is 5.15. The third-order valence-corrected chi connectivity index (χ3v) is 5.45. The lowest BCUT2D eigenvalue weighted by molar-refractivity contribution is -0.141. The Morgan fingerprint density at radius 1 is 1.29 bits per heavy atom. The van der Waals surface area contributed by atoms with E-state index in [0.29, 0.717) is 25.1 Å². The average molecular weight is 408 g/mol. The maximum Gasteiger partial charge on any atom is 0.289 e. The van der Waals surface area contributed by atoms with Gasteiger partial charge in [0.15, 0.2) is 6.61 Å². The molecule has 148 valence electrons. The maximum absolute atomic E-state index is 13.4. The molecule has 0 atom stereocenters. The van der Waals surface area contributed by atoms with Crippen LogP contribution in [-0.2, 0) is 11.8 Å². The topological polar surface area (TPSA) is 98.1 Å². The van der Waals surface area contributed by atoms with Crippen molar-refractivity contribution in [2.24, 2.45) is 7.05 Å². The van der Waals surface area contributed by atoms with E-state index in [4.69, 9.17) is 16.3 Å². The Morgan fingerprint density at radius 2 is 1.96 bits per heavy atom. The zero-order chi connectivity index (χ0) is 20.1. The number of nitrogens with one attached hydrogen (secondary N) is 2. The van der Waals surface area contributed by atoms with Crippen LogP contribution in [0, 0.1) is 12.7 Å². The Bertz CT molecular complexity index is 956. The molecule has 10 heteroatoms. The van der Waals surface area contributed by atoms with E-state index in [9.17, 15) is 14.0 Å². The molecule has 2 amide bonds. The second-order valence-corrected chi connectivity index (χ2v) is 7.97. The van der Waals surface area contributed by atoms with Crippen molar-refractivity contribution >= 4 is 23.4 Å². The van der Waals surface area contributed by atoms with Gasteiger partial charge in [0.2, 0.25) is 5.82 Å². The molecule has 0 unspecified atom stereocenters. The fraction of sp³-hybridized carbons (Fsp3) is 0.444. The van der Waals surface area contributed by atoms with Crippen LogP contribution in [-0.4, -0.2) is 44.3 Å². The van der Waals surface area contributed by atoms with Gasteiger partial charge in [-0.3, -0.25) is 9.59 Å². The molecule has 3 aliphatic rings. The quantitative estimate of drug-likeness (QED) is 0.756. The van der Waals surface area contributed by atoms with Crippen molar-refractivity contribution in [1.29, 1.82) is 0 Å². The summed E-state index contributed by atoms with van der Waals surface area (Å²) < 4.78 is 20.1. The molecule has 2 N–H and O–H groups in total. The van der Waals surface area contributed by atoms with E-state index < -0.39 is 5.82 Å². The Hall–Kier alpha value is -2.68. The minimum Gasteiger partial charge on any atom is -0.484 e. The first-order valence-corrected chi connectivity index (χ1v) is 9.16. The van der Waals surface area contributed by atoms with Crippen molar-refractivity contribution in [3.8, 4) is 5.75 Å². The molecular weight excluding hydrogens is 389 g/mol. The zero-order valence-corrected chi connectivity index (χ0v) is 16.1. The maximum atomic E-state index is 13.4. The molecule has 0 radical (unpaired) electrons. The average Bonchev–Trinajstić information content (AvgIpc) is 2.91. The van der Waals surface area contributed by atoms with E-state index in [1.165, 1.54) is 16.8 Å². The first-order chi connectivity index (χ1) is 13.2. The normalized spacial score (nSPS) is 24.7. The molecule has 2 bridgehead atoms. The molecule has 0 aliphatic heterocycles.